The van der Waals surface area contributed by atoms with Crippen LogP contribution in [0, 0.1) is 11.8 Å². The molecule has 1 amide bonds. The third-order valence-corrected chi connectivity index (χ3v) is 4.22. The Bertz CT molecular complexity index is 573. The second kappa shape index (κ2) is 5.63. The lowest BCUT2D eigenvalue weighted by atomic mass is 9.77. The van der Waals surface area contributed by atoms with E-state index < -0.39 is 11.9 Å². The molecule has 4 rings (SSSR count). The topological polar surface area (TPSA) is 83.4 Å². The Morgan fingerprint density at radius 3 is 2.71 bits per heavy atom. The first-order chi connectivity index (χ1) is 10.1. The van der Waals surface area contributed by atoms with Crippen LogP contribution >= 0.6 is 0 Å². The number of hydrogen-bond donors (Lipinski definition) is 1. The van der Waals surface area contributed by atoms with Gasteiger partial charge in [-0.3, -0.25) is 9.59 Å². The maximum absolute atomic E-state index is 12.4. The van der Waals surface area contributed by atoms with Crippen molar-refractivity contribution in [1.29, 1.82) is 0 Å². The minimum Gasteiger partial charge on any atom is -0.481 e. The molecule has 3 heterocycles. The van der Waals surface area contributed by atoms with Crippen molar-refractivity contribution in [2.75, 3.05) is 6.54 Å². The van der Waals surface area contributed by atoms with Crippen LogP contribution in [0.25, 0.3) is 0 Å². The van der Waals surface area contributed by atoms with Gasteiger partial charge in [-0.2, -0.15) is 0 Å². The van der Waals surface area contributed by atoms with Crippen molar-refractivity contribution in [1.82, 2.24) is 14.9 Å². The first-order valence-corrected chi connectivity index (χ1v) is 7.09. The summed E-state index contributed by atoms with van der Waals surface area (Å²) in [5.74, 6) is -1.12. The Morgan fingerprint density at radius 2 is 2.05 bits per heavy atom. The molecular formula is C15H17N3O3. The minimum absolute atomic E-state index is 0.00385. The number of piperidine rings is 1. The summed E-state index contributed by atoms with van der Waals surface area (Å²) < 4.78 is 0. The summed E-state index contributed by atoms with van der Waals surface area (Å²) in [6.45, 7) is 0.634. The molecule has 110 valence electrons. The molecule has 1 aliphatic carbocycles. The van der Waals surface area contributed by atoms with Gasteiger partial charge in [0, 0.05) is 25.4 Å². The summed E-state index contributed by atoms with van der Waals surface area (Å²) >= 11 is 0. The van der Waals surface area contributed by atoms with Gasteiger partial charge in [0.1, 0.15) is 6.33 Å². The lowest BCUT2D eigenvalue weighted by molar-refractivity contribution is -0.149. The van der Waals surface area contributed by atoms with Crippen LogP contribution in [0.2, 0.25) is 0 Å². The fourth-order valence-electron chi connectivity index (χ4n) is 3.15. The van der Waals surface area contributed by atoms with Crippen molar-refractivity contribution in [2.45, 2.75) is 25.3 Å². The van der Waals surface area contributed by atoms with Crippen LogP contribution in [0.15, 0.2) is 30.9 Å². The van der Waals surface area contributed by atoms with Crippen molar-refractivity contribution < 1.29 is 14.7 Å². The number of carboxylic acids is 1. The van der Waals surface area contributed by atoms with Crippen LogP contribution in [0.5, 0.6) is 0 Å². The fraction of sp³-hybridized carbons (Fsp3) is 0.467. The van der Waals surface area contributed by atoms with Crippen LogP contribution < -0.4 is 0 Å². The molecule has 21 heavy (non-hydrogen) atoms. The summed E-state index contributed by atoms with van der Waals surface area (Å²) in [5, 5.41) is 9.28. The highest BCUT2D eigenvalue weighted by atomic mass is 16.4. The molecule has 1 fully saturated rings. The van der Waals surface area contributed by atoms with Gasteiger partial charge in [0.05, 0.1) is 12.0 Å². The number of carbonyl (C=O) groups excluding carboxylic acids is 1. The maximum Gasteiger partial charge on any atom is 0.308 e. The second-order valence-corrected chi connectivity index (χ2v) is 5.61. The molecule has 3 atom stereocenters. The number of aliphatic carboxylic acids is 1. The molecule has 1 aromatic rings. The highest BCUT2D eigenvalue weighted by Gasteiger charge is 2.42. The predicted octanol–water partition coefficient (Wildman–Crippen LogP) is 0.897. The van der Waals surface area contributed by atoms with E-state index in [1.165, 1.54) is 6.33 Å². The average Bonchev–Trinajstić information content (AvgIpc) is 2.53. The highest BCUT2D eigenvalue weighted by Crippen LogP contribution is 2.34. The summed E-state index contributed by atoms with van der Waals surface area (Å²) in [5.41, 5.74) is 0.915. The molecular weight excluding hydrogens is 270 g/mol. The molecule has 1 N–H and O–H groups in total. The number of hydrogen-bond acceptors (Lipinski definition) is 4. The summed E-state index contributed by atoms with van der Waals surface area (Å²) in [6, 6.07) is -0.299. The van der Waals surface area contributed by atoms with E-state index in [2.05, 4.69) is 9.97 Å². The quantitative estimate of drug-likeness (QED) is 0.832. The molecule has 3 aliphatic rings. The normalized spacial score (nSPS) is 26.9. The molecule has 1 aromatic heterocycles. The van der Waals surface area contributed by atoms with E-state index >= 15 is 0 Å². The summed E-state index contributed by atoms with van der Waals surface area (Å²) in [4.78, 5) is 33.3. The van der Waals surface area contributed by atoms with E-state index in [4.69, 9.17) is 0 Å². The molecule has 3 unspecified atom stereocenters. The fourth-order valence-corrected chi connectivity index (χ4v) is 3.15. The molecule has 1 saturated heterocycles. The zero-order valence-corrected chi connectivity index (χ0v) is 11.6. The Morgan fingerprint density at radius 1 is 1.29 bits per heavy atom. The number of nitrogens with zero attached hydrogens (tertiary/aromatic N) is 3. The van der Waals surface area contributed by atoms with Crippen molar-refractivity contribution in [3.63, 3.8) is 0 Å². The van der Waals surface area contributed by atoms with Gasteiger partial charge in [-0.25, -0.2) is 9.97 Å². The van der Waals surface area contributed by atoms with E-state index in [9.17, 15) is 14.7 Å². The zero-order chi connectivity index (χ0) is 14.8. The zero-order valence-electron chi connectivity index (χ0n) is 11.6. The monoisotopic (exact) mass is 287 g/mol. The first-order valence-electron chi connectivity index (χ1n) is 7.09. The van der Waals surface area contributed by atoms with E-state index in [0.717, 1.165) is 5.56 Å². The van der Waals surface area contributed by atoms with Gasteiger partial charge in [-0.15, -0.1) is 0 Å². The Kier molecular flexibility index (Phi) is 3.68. The van der Waals surface area contributed by atoms with E-state index in [-0.39, 0.29) is 17.9 Å². The van der Waals surface area contributed by atoms with E-state index in [0.29, 0.717) is 25.8 Å². The lowest BCUT2D eigenvalue weighted by Gasteiger charge is -2.44. The average molecular weight is 287 g/mol. The van der Waals surface area contributed by atoms with Gasteiger partial charge in [-0.05, 0) is 24.3 Å². The molecule has 0 aromatic carbocycles. The van der Waals surface area contributed by atoms with E-state index in [1.54, 1.807) is 17.3 Å². The highest BCUT2D eigenvalue weighted by molar-refractivity contribution is 5.80. The Balaban J connectivity index is 1.65. The molecule has 2 bridgehead atoms. The molecule has 6 nitrogen and oxygen atoms in total. The van der Waals surface area contributed by atoms with Gasteiger partial charge in [0.2, 0.25) is 5.91 Å². The molecule has 0 spiro atoms. The van der Waals surface area contributed by atoms with Gasteiger partial charge in [-0.1, -0.05) is 12.2 Å². The van der Waals surface area contributed by atoms with Gasteiger partial charge in [0.25, 0.3) is 0 Å². The Hall–Kier alpha value is -2.24. The smallest absolute Gasteiger partial charge is 0.308 e. The van der Waals surface area contributed by atoms with Crippen LogP contribution in [0.3, 0.4) is 0 Å². The second-order valence-electron chi connectivity index (χ2n) is 5.61. The van der Waals surface area contributed by atoms with Crippen LogP contribution in [-0.4, -0.2) is 44.4 Å². The van der Waals surface area contributed by atoms with Crippen molar-refractivity contribution in [2.24, 2.45) is 11.8 Å². The molecule has 0 saturated carbocycles. The first kappa shape index (κ1) is 13.7. The van der Waals surface area contributed by atoms with Gasteiger partial charge < -0.3 is 10.0 Å². The third-order valence-electron chi connectivity index (χ3n) is 4.22. The number of aryl methyl sites for hydroxylation is 1. The van der Waals surface area contributed by atoms with Gasteiger partial charge >= 0.3 is 5.97 Å². The summed E-state index contributed by atoms with van der Waals surface area (Å²) in [6.07, 6.45) is 10.3. The van der Waals surface area contributed by atoms with E-state index in [1.807, 2.05) is 12.2 Å². The SMILES string of the molecule is O=C(O)C1CC2C=CC1N(C(=O)CCc1cncnc1)C2. The van der Waals surface area contributed by atoms with Crippen molar-refractivity contribution in [3.05, 3.63) is 36.4 Å². The predicted molar refractivity (Wildman–Crippen MR) is 74.2 cm³/mol. The molecule has 6 heteroatoms. The largest absolute Gasteiger partial charge is 0.481 e. The number of fused-ring (bicyclic) bond motifs is 2. The number of amides is 1. The van der Waals surface area contributed by atoms with Crippen molar-refractivity contribution in [3.8, 4) is 0 Å². The minimum atomic E-state index is -0.816. The van der Waals surface area contributed by atoms with Crippen LogP contribution in [0.1, 0.15) is 18.4 Å². The third kappa shape index (κ3) is 2.79. The molecule has 2 aliphatic heterocycles. The van der Waals surface area contributed by atoms with Crippen molar-refractivity contribution >= 4 is 11.9 Å². The Labute approximate surface area is 122 Å². The number of carboxylic acid groups (broad SMARTS) is 1. The lowest BCUT2D eigenvalue weighted by Crippen LogP contribution is -2.54. The number of rotatable bonds is 4. The van der Waals surface area contributed by atoms with Crippen LogP contribution in [-0.2, 0) is 16.0 Å². The standard InChI is InChI=1S/C15H17N3O3/c19-14(4-2-11-6-16-9-17-7-11)18-8-10-1-3-13(18)12(5-10)15(20)21/h1,3,6-7,9-10,12-13H,2,4-5,8H2,(H,20,21). The number of aromatic nitrogens is 2. The van der Waals surface area contributed by atoms with Gasteiger partial charge in [0.15, 0.2) is 0 Å². The molecule has 0 radical (unpaired) electrons. The maximum atomic E-state index is 12.4. The summed E-state index contributed by atoms with van der Waals surface area (Å²) in [7, 11) is 0. The number of carbonyl (C=O) groups is 2. The van der Waals surface area contributed by atoms with Crippen LogP contribution in [0.4, 0.5) is 0 Å².